The topological polar surface area (TPSA) is 46.3 Å². The SMILES string of the molecule is CC(CC1CCCC1)C(=O)N1C[C@@H](N)[C@H](c2ccccc2)C1. The highest BCUT2D eigenvalue weighted by Crippen LogP contribution is 2.32. The molecule has 22 heavy (non-hydrogen) atoms. The number of benzene rings is 1. The highest BCUT2D eigenvalue weighted by atomic mass is 16.2. The van der Waals surface area contributed by atoms with Crippen LogP contribution in [0.4, 0.5) is 0 Å². The first-order valence-electron chi connectivity index (χ1n) is 8.74. The normalized spacial score (nSPS) is 27.3. The molecule has 1 aromatic carbocycles. The predicted molar refractivity (Wildman–Crippen MR) is 89.5 cm³/mol. The Morgan fingerprint density at radius 2 is 1.91 bits per heavy atom. The largest absolute Gasteiger partial charge is 0.340 e. The van der Waals surface area contributed by atoms with Gasteiger partial charge in [0.2, 0.25) is 5.91 Å². The van der Waals surface area contributed by atoms with E-state index in [4.69, 9.17) is 5.73 Å². The van der Waals surface area contributed by atoms with Gasteiger partial charge in [-0.3, -0.25) is 4.79 Å². The molecule has 1 aliphatic carbocycles. The molecule has 2 aliphatic rings. The van der Waals surface area contributed by atoms with Gasteiger partial charge < -0.3 is 10.6 Å². The molecule has 0 aromatic heterocycles. The molecule has 3 nitrogen and oxygen atoms in total. The van der Waals surface area contributed by atoms with Crippen molar-refractivity contribution in [2.45, 2.75) is 51.0 Å². The third-order valence-electron chi connectivity index (χ3n) is 5.49. The molecule has 1 aromatic rings. The summed E-state index contributed by atoms with van der Waals surface area (Å²) in [5, 5.41) is 0. The monoisotopic (exact) mass is 300 g/mol. The van der Waals surface area contributed by atoms with Gasteiger partial charge in [-0.15, -0.1) is 0 Å². The van der Waals surface area contributed by atoms with Crippen LogP contribution in [0.5, 0.6) is 0 Å². The molecule has 1 saturated heterocycles. The van der Waals surface area contributed by atoms with Gasteiger partial charge in [-0.1, -0.05) is 62.9 Å². The molecular formula is C19H28N2O. The fraction of sp³-hybridized carbons (Fsp3) is 0.632. The third-order valence-corrected chi connectivity index (χ3v) is 5.49. The zero-order valence-electron chi connectivity index (χ0n) is 13.6. The van der Waals surface area contributed by atoms with E-state index in [1.807, 2.05) is 11.0 Å². The smallest absolute Gasteiger partial charge is 0.225 e. The molecular weight excluding hydrogens is 272 g/mol. The Morgan fingerprint density at radius 3 is 2.59 bits per heavy atom. The van der Waals surface area contributed by atoms with E-state index in [1.54, 1.807) is 0 Å². The quantitative estimate of drug-likeness (QED) is 0.928. The second kappa shape index (κ2) is 6.82. The number of carbonyl (C=O) groups is 1. The van der Waals surface area contributed by atoms with Gasteiger partial charge in [-0.05, 0) is 17.9 Å². The van der Waals surface area contributed by atoms with Crippen LogP contribution >= 0.6 is 0 Å². The second-order valence-corrected chi connectivity index (χ2v) is 7.21. The van der Waals surface area contributed by atoms with Crippen molar-refractivity contribution in [2.75, 3.05) is 13.1 Å². The van der Waals surface area contributed by atoms with E-state index in [2.05, 4.69) is 31.2 Å². The zero-order chi connectivity index (χ0) is 15.5. The van der Waals surface area contributed by atoms with E-state index in [-0.39, 0.29) is 17.9 Å². The van der Waals surface area contributed by atoms with Gasteiger partial charge in [0.1, 0.15) is 0 Å². The molecule has 2 fully saturated rings. The summed E-state index contributed by atoms with van der Waals surface area (Å²) in [4.78, 5) is 14.7. The van der Waals surface area contributed by atoms with Crippen molar-refractivity contribution in [3.05, 3.63) is 35.9 Å². The summed E-state index contributed by atoms with van der Waals surface area (Å²) < 4.78 is 0. The first-order valence-corrected chi connectivity index (χ1v) is 8.74. The summed E-state index contributed by atoms with van der Waals surface area (Å²) in [6.07, 6.45) is 6.36. The molecule has 3 rings (SSSR count). The first kappa shape index (κ1) is 15.5. The summed E-state index contributed by atoms with van der Waals surface area (Å²) in [6, 6.07) is 10.4. The Hall–Kier alpha value is -1.35. The van der Waals surface area contributed by atoms with Crippen LogP contribution in [-0.2, 0) is 4.79 Å². The minimum absolute atomic E-state index is 0.0602. The van der Waals surface area contributed by atoms with E-state index < -0.39 is 0 Å². The van der Waals surface area contributed by atoms with E-state index in [0.29, 0.717) is 12.5 Å². The van der Waals surface area contributed by atoms with Crippen LogP contribution in [0.15, 0.2) is 30.3 Å². The summed E-state index contributed by atoms with van der Waals surface area (Å²) in [7, 11) is 0. The molecule has 0 bridgehead atoms. The van der Waals surface area contributed by atoms with Crippen LogP contribution in [0.2, 0.25) is 0 Å². The number of hydrogen-bond donors (Lipinski definition) is 1. The maximum absolute atomic E-state index is 12.7. The lowest BCUT2D eigenvalue weighted by Crippen LogP contribution is -2.36. The Bertz CT molecular complexity index is 495. The Morgan fingerprint density at radius 1 is 1.23 bits per heavy atom. The summed E-state index contributed by atoms with van der Waals surface area (Å²) in [5.41, 5.74) is 7.57. The Balaban J connectivity index is 1.59. The Labute approximate surface area is 133 Å². The summed E-state index contributed by atoms with van der Waals surface area (Å²) in [5.74, 6) is 1.49. The molecule has 3 atom stereocenters. The molecule has 120 valence electrons. The fourth-order valence-corrected chi connectivity index (χ4v) is 4.22. The minimum atomic E-state index is 0.0602. The lowest BCUT2D eigenvalue weighted by atomic mass is 9.93. The van der Waals surface area contributed by atoms with Crippen LogP contribution in [0, 0.1) is 11.8 Å². The molecule has 3 heteroatoms. The molecule has 1 unspecified atom stereocenters. The average molecular weight is 300 g/mol. The summed E-state index contributed by atoms with van der Waals surface area (Å²) in [6.45, 7) is 3.58. The fourth-order valence-electron chi connectivity index (χ4n) is 4.22. The van der Waals surface area contributed by atoms with Gasteiger partial charge in [-0.2, -0.15) is 0 Å². The lowest BCUT2D eigenvalue weighted by Gasteiger charge is -2.23. The van der Waals surface area contributed by atoms with Crippen molar-refractivity contribution in [3.8, 4) is 0 Å². The predicted octanol–water partition coefficient (Wildman–Crippen LogP) is 3.16. The Kier molecular flexibility index (Phi) is 4.82. The maximum atomic E-state index is 12.7. The molecule has 1 amide bonds. The number of nitrogens with two attached hydrogens (primary N) is 1. The number of rotatable bonds is 4. The highest BCUT2D eigenvalue weighted by Gasteiger charge is 2.35. The van der Waals surface area contributed by atoms with Crippen LogP contribution in [-0.4, -0.2) is 29.9 Å². The van der Waals surface area contributed by atoms with Crippen molar-refractivity contribution in [1.29, 1.82) is 0 Å². The van der Waals surface area contributed by atoms with E-state index in [0.717, 1.165) is 18.9 Å². The van der Waals surface area contributed by atoms with Gasteiger partial charge in [0.05, 0.1) is 0 Å². The van der Waals surface area contributed by atoms with Crippen molar-refractivity contribution in [3.63, 3.8) is 0 Å². The van der Waals surface area contributed by atoms with Crippen LogP contribution in [0.1, 0.15) is 50.5 Å². The third kappa shape index (κ3) is 3.35. The van der Waals surface area contributed by atoms with E-state index in [1.165, 1.54) is 31.2 Å². The van der Waals surface area contributed by atoms with Gasteiger partial charge in [0.15, 0.2) is 0 Å². The molecule has 2 N–H and O–H groups in total. The van der Waals surface area contributed by atoms with E-state index >= 15 is 0 Å². The van der Waals surface area contributed by atoms with Crippen LogP contribution in [0.3, 0.4) is 0 Å². The van der Waals surface area contributed by atoms with Crippen molar-refractivity contribution >= 4 is 5.91 Å². The molecule has 1 saturated carbocycles. The van der Waals surface area contributed by atoms with Gasteiger partial charge >= 0.3 is 0 Å². The van der Waals surface area contributed by atoms with Gasteiger partial charge in [-0.25, -0.2) is 0 Å². The summed E-state index contributed by atoms with van der Waals surface area (Å²) >= 11 is 0. The van der Waals surface area contributed by atoms with Crippen molar-refractivity contribution in [2.24, 2.45) is 17.6 Å². The van der Waals surface area contributed by atoms with Gasteiger partial charge in [0.25, 0.3) is 0 Å². The van der Waals surface area contributed by atoms with Crippen molar-refractivity contribution in [1.82, 2.24) is 4.90 Å². The average Bonchev–Trinajstić information content (AvgIpc) is 3.17. The molecule has 0 spiro atoms. The number of nitrogens with zero attached hydrogens (tertiary/aromatic N) is 1. The number of hydrogen-bond acceptors (Lipinski definition) is 2. The van der Waals surface area contributed by atoms with Crippen LogP contribution in [0.25, 0.3) is 0 Å². The first-order chi connectivity index (χ1) is 10.6. The van der Waals surface area contributed by atoms with Crippen LogP contribution < -0.4 is 5.73 Å². The number of carbonyl (C=O) groups excluding carboxylic acids is 1. The highest BCUT2D eigenvalue weighted by molar-refractivity contribution is 5.79. The van der Waals surface area contributed by atoms with E-state index in [9.17, 15) is 4.79 Å². The molecule has 0 radical (unpaired) electrons. The lowest BCUT2D eigenvalue weighted by molar-refractivity contribution is -0.134. The molecule has 1 heterocycles. The zero-order valence-corrected chi connectivity index (χ0v) is 13.6. The van der Waals surface area contributed by atoms with Crippen molar-refractivity contribution < 1.29 is 4.79 Å². The minimum Gasteiger partial charge on any atom is -0.340 e. The van der Waals surface area contributed by atoms with Gasteiger partial charge in [0, 0.05) is 31.0 Å². The number of amides is 1. The second-order valence-electron chi connectivity index (χ2n) is 7.21. The molecule has 1 aliphatic heterocycles. The standard InChI is InChI=1S/C19H28N2O/c1-14(11-15-7-5-6-8-15)19(22)21-12-17(18(20)13-21)16-9-3-2-4-10-16/h2-4,9-10,14-15,17-18H,5-8,11-13,20H2,1H3/t14?,17-,18+/m0/s1. The maximum Gasteiger partial charge on any atom is 0.225 e. The number of likely N-dealkylation sites (tertiary alicyclic amines) is 1.